The highest BCUT2D eigenvalue weighted by atomic mass is 35.5. The summed E-state index contributed by atoms with van der Waals surface area (Å²) in [5, 5.41) is 6.45. The summed E-state index contributed by atoms with van der Waals surface area (Å²) in [6, 6.07) is 13.8. The summed E-state index contributed by atoms with van der Waals surface area (Å²) in [4.78, 5) is 19.5. The Hall–Kier alpha value is -1.77. The van der Waals surface area contributed by atoms with Crippen LogP contribution in [0.1, 0.15) is 31.2 Å². The first-order chi connectivity index (χ1) is 16.5. The molecule has 180 valence electrons. The molecule has 0 unspecified atom stereocenters. The summed E-state index contributed by atoms with van der Waals surface area (Å²) >= 11 is 15.5. The van der Waals surface area contributed by atoms with Crippen molar-refractivity contribution >= 4 is 57.9 Å². The van der Waals surface area contributed by atoms with E-state index in [4.69, 9.17) is 28.9 Å². The SMILES string of the molecule is Nc1ccc(-c2csc(SCCCC(=O)NC3CCN(Cc4ccc(Cl)c(Cl)c4)CC3)n2)cc1. The minimum Gasteiger partial charge on any atom is -0.399 e. The number of nitrogens with one attached hydrogen (secondary N) is 1. The summed E-state index contributed by atoms with van der Waals surface area (Å²) in [6.45, 7) is 2.77. The second kappa shape index (κ2) is 12.3. The Balaban J connectivity index is 1.12. The zero-order valence-corrected chi connectivity index (χ0v) is 22.0. The average Bonchev–Trinajstić information content (AvgIpc) is 3.30. The van der Waals surface area contributed by atoms with Gasteiger partial charge < -0.3 is 11.1 Å². The number of carbonyl (C=O) groups excluding carboxylic acids is 1. The van der Waals surface area contributed by atoms with Crippen LogP contribution in [0.3, 0.4) is 0 Å². The number of thioether (sulfide) groups is 1. The first kappa shape index (κ1) is 25.3. The number of rotatable bonds is 9. The second-order valence-electron chi connectivity index (χ2n) is 8.44. The quantitative estimate of drug-likeness (QED) is 0.190. The van der Waals surface area contributed by atoms with Gasteiger partial charge in [0.05, 0.1) is 15.7 Å². The maximum Gasteiger partial charge on any atom is 0.220 e. The van der Waals surface area contributed by atoms with Gasteiger partial charge in [-0.15, -0.1) is 11.3 Å². The number of benzene rings is 2. The van der Waals surface area contributed by atoms with E-state index >= 15 is 0 Å². The van der Waals surface area contributed by atoms with Crippen molar-refractivity contribution in [1.29, 1.82) is 0 Å². The first-order valence-electron chi connectivity index (χ1n) is 11.4. The summed E-state index contributed by atoms with van der Waals surface area (Å²) in [5.41, 5.74) is 9.70. The molecule has 2 aromatic carbocycles. The molecule has 0 aliphatic carbocycles. The fourth-order valence-electron chi connectivity index (χ4n) is 3.93. The number of hydrogen-bond acceptors (Lipinski definition) is 6. The normalized spacial score (nSPS) is 14.9. The summed E-state index contributed by atoms with van der Waals surface area (Å²) in [6.07, 6.45) is 3.32. The lowest BCUT2D eigenvalue weighted by Gasteiger charge is -2.32. The van der Waals surface area contributed by atoms with Crippen molar-refractivity contribution in [3.63, 3.8) is 0 Å². The molecule has 5 nitrogen and oxygen atoms in total. The van der Waals surface area contributed by atoms with Crippen LogP contribution in [0.2, 0.25) is 10.0 Å². The highest BCUT2D eigenvalue weighted by molar-refractivity contribution is 8.01. The van der Waals surface area contributed by atoms with Crippen LogP contribution in [0.25, 0.3) is 11.3 Å². The largest absolute Gasteiger partial charge is 0.399 e. The predicted molar refractivity (Wildman–Crippen MR) is 145 cm³/mol. The van der Waals surface area contributed by atoms with Crippen molar-refractivity contribution in [2.75, 3.05) is 24.6 Å². The molecule has 1 aliphatic heterocycles. The number of carbonyl (C=O) groups is 1. The van der Waals surface area contributed by atoms with Crippen molar-refractivity contribution in [2.45, 2.75) is 42.6 Å². The molecule has 0 bridgehead atoms. The molecular weight excluding hydrogens is 507 g/mol. The van der Waals surface area contributed by atoms with Crippen molar-refractivity contribution < 1.29 is 4.79 Å². The molecule has 4 rings (SSSR count). The Morgan fingerprint density at radius 1 is 1.15 bits per heavy atom. The fourth-order valence-corrected chi connectivity index (χ4v) is 6.10. The molecule has 0 spiro atoms. The molecule has 1 fully saturated rings. The number of thiazole rings is 1. The molecule has 1 amide bonds. The van der Waals surface area contributed by atoms with E-state index in [1.165, 1.54) is 0 Å². The van der Waals surface area contributed by atoms with Crippen LogP contribution in [-0.4, -0.2) is 40.7 Å². The van der Waals surface area contributed by atoms with E-state index in [1.807, 2.05) is 42.5 Å². The van der Waals surface area contributed by atoms with E-state index in [9.17, 15) is 4.79 Å². The first-order valence-corrected chi connectivity index (χ1v) is 14.0. The number of anilines is 1. The van der Waals surface area contributed by atoms with Crippen LogP contribution < -0.4 is 11.1 Å². The van der Waals surface area contributed by atoms with Gasteiger partial charge in [0.25, 0.3) is 0 Å². The van der Waals surface area contributed by atoms with Crippen LogP contribution in [0.5, 0.6) is 0 Å². The van der Waals surface area contributed by atoms with Crippen molar-refractivity contribution in [3.8, 4) is 11.3 Å². The van der Waals surface area contributed by atoms with E-state index in [2.05, 4.69) is 20.6 Å². The van der Waals surface area contributed by atoms with E-state index < -0.39 is 0 Å². The lowest BCUT2D eigenvalue weighted by Crippen LogP contribution is -2.44. The third-order valence-electron chi connectivity index (χ3n) is 5.81. The van der Waals surface area contributed by atoms with Crippen LogP contribution in [0.4, 0.5) is 5.69 Å². The number of hydrogen-bond donors (Lipinski definition) is 2. The molecular formula is C25H28Cl2N4OS2. The molecule has 0 saturated carbocycles. The van der Waals surface area contributed by atoms with Gasteiger partial charge in [-0.2, -0.15) is 0 Å². The monoisotopic (exact) mass is 534 g/mol. The fraction of sp³-hybridized carbons (Fsp3) is 0.360. The zero-order chi connectivity index (χ0) is 23.9. The smallest absolute Gasteiger partial charge is 0.220 e. The highest BCUT2D eigenvalue weighted by Gasteiger charge is 2.20. The Morgan fingerprint density at radius 2 is 1.91 bits per heavy atom. The minimum absolute atomic E-state index is 0.144. The molecule has 3 N–H and O–H groups in total. The van der Waals surface area contributed by atoms with E-state index in [0.717, 1.165) is 71.5 Å². The van der Waals surface area contributed by atoms with Crippen LogP contribution in [0.15, 0.2) is 52.2 Å². The number of nitrogens with two attached hydrogens (primary N) is 1. The second-order valence-corrected chi connectivity index (χ2v) is 11.5. The summed E-state index contributed by atoms with van der Waals surface area (Å²) in [7, 11) is 0. The van der Waals surface area contributed by atoms with Gasteiger partial charge in [-0.1, -0.05) is 53.2 Å². The minimum atomic E-state index is 0.144. The number of aromatic nitrogens is 1. The van der Waals surface area contributed by atoms with Gasteiger partial charge in [0, 0.05) is 54.5 Å². The van der Waals surface area contributed by atoms with Crippen molar-refractivity contribution in [3.05, 3.63) is 63.5 Å². The van der Waals surface area contributed by atoms with Gasteiger partial charge >= 0.3 is 0 Å². The standard InChI is InChI=1S/C25H28Cl2N4OS2/c26-21-8-3-17(14-22(21)27)15-31-11-9-20(10-12-31)29-24(32)2-1-13-33-25-30-23(16-34-25)18-4-6-19(28)7-5-18/h3-8,14,16,20H,1-2,9-13,15,28H2,(H,29,32). The summed E-state index contributed by atoms with van der Waals surface area (Å²) in [5.74, 6) is 1.02. The van der Waals surface area contributed by atoms with Gasteiger partial charge in [-0.25, -0.2) is 4.98 Å². The van der Waals surface area contributed by atoms with E-state index in [1.54, 1.807) is 23.1 Å². The maximum atomic E-state index is 12.4. The van der Waals surface area contributed by atoms with Crippen LogP contribution >= 0.6 is 46.3 Å². The van der Waals surface area contributed by atoms with Crippen LogP contribution in [0, 0.1) is 0 Å². The molecule has 1 aromatic heterocycles. The third kappa shape index (κ3) is 7.36. The number of amides is 1. The highest BCUT2D eigenvalue weighted by Crippen LogP contribution is 2.29. The predicted octanol–water partition coefficient (Wildman–Crippen LogP) is 6.35. The number of nitrogen functional groups attached to an aromatic ring is 1. The number of likely N-dealkylation sites (tertiary alicyclic amines) is 1. The maximum absolute atomic E-state index is 12.4. The number of piperidine rings is 1. The Kier molecular flexibility index (Phi) is 9.14. The Bertz CT molecular complexity index is 1100. The molecule has 1 saturated heterocycles. The lowest BCUT2D eigenvalue weighted by atomic mass is 10.0. The molecule has 0 radical (unpaired) electrons. The molecule has 0 atom stereocenters. The van der Waals surface area contributed by atoms with Crippen molar-refractivity contribution in [1.82, 2.24) is 15.2 Å². The topological polar surface area (TPSA) is 71.2 Å². The van der Waals surface area contributed by atoms with Crippen LogP contribution in [-0.2, 0) is 11.3 Å². The average molecular weight is 536 g/mol. The van der Waals surface area contributed by atoms with Gasteiger partial charge in [0.1, 0.15) is 0 Å². The lowest BCUT2D eigenvalue weighted by molar-refractivity contribution is -0.122. The van der Waals surface area contributed by atoms with Gasteiger partial charge in [0.2, 0.25) is 5.91 Å². The number of halogens is 2. The van der Waals surface area contributed by atoms with Crippen molar-refractivity contribution in [2.24, 2.45) is 0 Å². The van der Waals surface area contributed by atoms with Gasteiger partial charge in [0.15, 0.2) is 4.34 Å². The molecule has 34 heavy (non-hydrogen) atoms. The van der Waals surface area contributed by atoms with E-state index in [0.29, 0.717) is 16.5 Å². The molecule has 2 heterocycles. The Morgan fingerprint density at radius 3 is 2.65 bits per heavy atom. The van der Waals surface area contributed by atoms with Gasteiger partial charge in [-0.05, 0) is 49.1 Å². The molecule has 9 heteroatoms. The summed E-state index contributed by atoms with van der Waals surface area (Å²) < 4.78 is 1.03. The van der Waals surface area contributed by atoms with E-state index in [-0.39, 0.29) is 11.9 Å². The third-order valence-corrected chi connectivity index (χ3v) is 8.65. The van der Waals surface area contributed by atoms with Gasteiger partial charge in [-0.3, -0.25) is 9.69 Å². The molecule has 1 aliphatic rings. The Labute approximate surface area is 219 Å². The number of nitrogens with zero attached hydrogens (tertiary/aromatic N) is 2. The molecule has 3 aromatic rings. The zero-order valence-electron chi connectivity index (χ0n) is 18.8.